The molecule has 6 nitrogen and oxygen atoms in total. The summed E-state index contributed by atoms with van der Waals surface area (Å²) in [5.41, 5.74) is 1.60. The van der Waals surface area contributed by atoms with E-state index in [0.717, 1.165) is 42.5 Å². The predicted molar refractivity (Wildman–Crippen MR) is 99.7 cm³/mol. The van der Waals surface area contributed by atoms with Crippen LogP contribution in [-0.4, -0.2) is 53.3 Å². The van der Waals surface area contributed by atoms with Gasteiger partial charge in [-0.15, -0.1) is 0 Å². The molecule has 134 valence electrons. The molecule has 0 radical (unpaired) electrons. The van der Waals surface area contributed by atoms with Gasteiger partial charge in [-0.2, -0.15) is 0 Å². The van der Waals surface area contributed by atoms with E-state index in [2.05, 4.69) is 20.5 Å². The second-order valence-electron chi connectivity index (χ2n) is 6.51. The summed E-state index contributed by atoms with van der Waals surface area (Å²) in [5, 5.41) is 16.2. The zero-order chi connectivity index (χ0) is 17.5. The highest BCUT2D eigenvalue weighted by Crippen LogP contribution is 2.17. The number of nitrogens with one attached hydrogen (secondary N) is 2. The van der Waals surface area contributed by atoms with Crippen LogP contribution in [0.1, 0.15) is 25.7 Å². The quantitative estimate of drug-likeness (QED) is 0.705. The fourth-order valence-electron chi connectivity index (χ4n) is 3.36. The minimum absolute atomic E-state index is 0.201. The zero-order valence-corrected chi connectivity index (χ0v) is 14.4. The Morgan fingerprint density at radius 1 is 1.32 bits per heavy atom. The van der Waals surface area contributed by atoms with Crippen molar-refractivity contribution in [3.05, 3.63) is 36.5 Å². The van der Waals surface area contributed by atoms with E-state index in [1.165, 1.54) is 12.8 Å². The van der Waals surface area contributed by atoms with Crippen LogP contribution in [0, 0.1) is 0 Å². The number of likely N-dealkylation sites (tertiary alicyclic amines) is 1. The highest BCUT2D eigenvalue weighted by Gasteiger charge is 2.20. The van der Waals surface area contributed by atoms with Crippen LogP contribution in [0.15, 0.2) is 36.5 Å². The number of carbonyl (C=O) groups is 1. The Kier molecular flexibility index (Phi) is 6.19. The van der Waals surface area contributed by atoms with E-state index in [4.69, 9.17) is 0 Å². The van der Waals surface area contributed by atoms with Crippen LogP contribution in [-0.2, 0) is 0 Å². The third kappa shape index (κ3) is 4.90. The summed E-state index contributed by atoms with van der Waals surface area (Å²) in [5.74, 6) is 0. The van der Waals surface area contributed by atoms with E-state index in [-0.39, 0.29) is 18.7 Å². The molecular weight excluding hydrogens is 316 g/mol. The molecule has 0 unspecified atom stereocenters. The van der Waals surface area contributed by atoms with Crippen LogP contribution >= 0.6 is 0 Å². The molecule has 0 saturated carbocycles. The molecule has 2 amide bonds. The fourth-order valence-corrected chi connectivity index (χ4v) is 3.36. The number of nitrogens with zero attached hydrogens (tertiary/aromatic N) is 2. The number of rotatable bonds is 6. The van der Waals surface area contributed by atoms with Crippen LogP contribution in [0.4, 0.5) is 10.5 Å². The van der Waals surface area contributed by atoms with E-state index >= 15 is 0 Å². The van der Waals surface area contributed by atoms with Crippen LogP contribution < -0.4 is 10.6 Å². The highest BCUT2D eigenvalue weighted by atomic mass is 16.3. The Hall–Kier alpha value is -2.18. The predicted octanol–water partition coefficient (Wildman–Crippen LogP) is 2.59. The van der Waals surface area contributed by atoms with Crippen molar-refractivity contribution in [2.24, 2.45) is 0 Å². The first-order valence-electron chi connectivity index (χ1n) is 9.01. The van der Waals surface area contributed by atoms with Gasteiger partial charge < -0.3 is 15.7 Å². The first-order chi connectivity index (χ1) is 12.3. The number of benzene rings is 1. The highest BCUT2D eigenvalue weighted by molar-refractivity contribution is 5.92. The lowest BCUT2D eigenvalue weighted by Gasteiger charge is -2.34. The topological polar surface area (TPSA) is 77.5 Å². The zero-order valence-electron chi connectivity index (χ0n) is 14.4. The molecule has 25 heavy (non-hydrogen) atoms. The molecule has 6 heteroatoms. The van der Waals surface area contributed by atoms with Crippen LogP contribution in [0.25, 0.3) is 10.9 Å². The van der Waals surface area contributed by atoms with Crippen molar-refractivity contribution in [2.75, 3.05) is 31.6 Å². The minimum atomic E-state index is -0.201. The van der Waals surface area contributed by atoms with Gasteiger partial charge in [0.05, 0.1) is 12.1 Å². The Labute approximate surface area is 148 Å². The van der Waals surface area contributed by atoms with Crippen LogP contribution in [0.2, 0.25) is 0 Å². The van der Waals surface area contributed by atoms with Gasteiger partial charge in [0.2, 0.25) is 0 Å². The Balaban J connectivity index is 1.41. The molecule has 1 aliphatic heterocycles. The fraction of sp³-hybridized carbons (Fsp3) is 0.474. The summed E-state index contributed by atoms with van der Waals surface area (Å²) in [7, 11) is 0. The number of fused-ring (bicyclic) bond motifs is 1. The SMILES string of the molecule is O=C(NCCCN1CCCC[C@H]1CO)Nc1ccc2cccnc2c1. The monoisotopic (exact) mass is 342 g/mol. The number of urea groups is 1. The van der Waals surface area contributed by atoms with Gasteiger partial charge in [0.15, 0.2) is 0 Å². The van der Waals surface area contributed by atoms with Crippen molar-refractivity contribution in [3.8, 4) is 0 Å². The van der Waals surface area contributed by atoms with Gasteiger partial charge in [-0.05, 0) is 44.0 Å². The van der Waals surface area contributed by atoms with E-state index in [1.807, 2.05) is 30.3 Å². The van der Waals surface area contributed by atoms with Gasteiger partial charge in [-0.3, -0.25) is 9.88 Å². The molecule has 1 fully saturated rings. The molecule has 0 bridgehead atoms. The summed E-state index contributed by atoms with van der Waals surface area (Å²) in [6.45, 7) is 2.79. The third-order valence-electron chi connectivity index (χ3n) is 4.73. The lowest BCUT2D eigenvalue weighted by atomic mass is 10.0. The summed E-state index contributed by atoms with van der Waals surface area (Å²) in [4.78, 5) is 18.6. The maximum absolute atomic E-state index is 12.0. The second kappa shape index (κ2) is 8.78. The molecule has 3 rings (SSSR count). The van der Waals surface area contributed by atoms with Crippen molar-refractivity contribution >= 4 is 22.6 Å². The number of pyridine rings is 1. The second-order valence-corrected chi connectivity index (χ2v) is 6.51. The number of hydrogen-bond donors (Lipinski definition) is 3. The van der Waals surface area contributed by atoms with Crippen molar-refractivity contribution < 1.29 is 9.90 Å². The van der Waals surface area contributed by atoms with Crippen molar-refractivity contribution in [2.45, 2.75) is 31.7 Å². The molecular formula is C19H26N4O2. The van der Waals surface area contributed by atoms with Gasteiger partial charge in [-0.25, -0.2) is 4.79 Å². The average Bonchev–Trinajstić information content (AvgIpc) is 2.65. The standard InChI is InChI=1S/C19H26N4O2/c24-14-17-6-1-2-11-23(17)12-4-10-21-19(25)22-16-8-7-15-5-3-9-20-18(15)13-16/h3,5,7-9,13,17,24H,1-2,4,6,10-12,14H2,(H2,21,22,25)/t17-/m0/s1. The summed E-state index contributed by atoms with van der Waals surface area (Å²) >= 11 is 0. The van der Waals surface area contributed by atoms with E-state index < -0.39 is 0 Å². The summed E-state index contributed by atoms with van der Waals surface area (Å²) in [6.07, 6.45) is 6.08. The number of aliphatic hydroxyl groups excluding tert-OH is 1. The molecule has 1 aromatic carbocycles. The van der Waals surface area contributed by atoms with Gasteiger partial charge in [-0.1, -0.05) is 18.6 Å². The smallest absolute Gasteiger partial charge is 0.319 e. The van der Waals surface area contributed by atoms with E-state index in [9.17, 15) is 9.90 Å². The third-order valence-corrected chi connectivity index (χ3v) is 4.73. The molecule has 0 aliphatic carbocycles. The van der Waals surface area contributed by atoms with Gasteiger partial charge in [0.25, 0.3) is 0 Å². The molecule has 1 aromatic heterocycles. The molecule has 2 heterocycles. The van der Waals surface area contributed by atoms with Crippen LogP contribution in [0.3, 0.4) is 0 Å². The summed E-state index contributed by atoms with van der Waals surface area (Å²) < 4.78 is 0. The van der Waals surface area contributed by atoms with Crippen molar-refractivity contribution in [1.82, 2.24) is 15.2 Å². The Morgan fingerprint density at radius 3 is 3.12 bits per heavy atom. The number of amides is 2. The number of carbonyl (C=O) groups excluding carboxylic acids is 1. The van der Waals surface area contributed by atoms with Gasteiger partial charge >= 0.3 is 6.03 Å². The lowest BCUT2D eigenvalue weighted by molar-refractivity contribution is 0.0894. The number of anilines is 1. The van der Waals surface area contributed by atoms with Crippen molar-refractivity contribution in [3.63, 3.8) is 0 Å². The lowest BCUT2D eigenvalue weighted by Crippen LogP contribution is -2.43. The largest absolute Gasteiger partial charge is 0.395 e. The van der Waals surface area contributed by atoms with Gasteiger partial charge in [0, 0.05) is 36.4 Å². The number of piperidine rings is 1. The number of aliphatic hydroxyl groups is 1. The van der Waals surface area contributed by atoms with Gasteiger partial charge in [0.1, 0.15) is 0 Å². The first kappa shape index (κ1) is 17.6. The minimum Gasteiger partial charge on any atom is -0.395 e. The normalized spacial score (nSPS) is 18.2. The van der Waals surface area contributed by atoms with Crippen LogP contribution in [0.5, 0.6) is 0 Å². The molecule has 2 aromatic rings. The van der Waals surface area contributed by atoms with Crippen molar-refractivity contribution in [1.29, 1.82) is 0 Å². The maximum Gasteiger partial charge on any atom is 0.319 e. The Morgan fingerprint density at radius 2 is 2.24 bits per heavy atom. The Bertz CT molecular complexity index is 707. The summed E-state index contributed by atoms with van der Waals surface area (Å²) in [6, 6.07) is 9.67. The molecule has 0 spiro atoms. The molecule has 1 atom stereocenters. The molecule has 1 saturated heterocycles. The number of aromatic nitrogens is 1. The molecule has 1 aliphatic rings. The molecule has 3 N–H and O–H groups in total. The van der Waals surface area contributed by atoms with E-state index in [1.54, 1.807) is 6.20 Å². The maximum atomic E-state index is 12.0. The average molecular weight is 342 g/mol. The van der Waals surface area contributed by atoms with E-state index in [0.29, 0.717) is 6.54 Å². The number of hydrogen-bond acceptors (Lipinski definition) is 4. The first-order valence-corrected chi connectivity index (χ1v) is 9.01.